The number of hydrogen-bond acceptors (Lipinski definition) is 5. The van der Waals surface area contributed by atoms with Crippen LogP contribution in [-0.4, -0.2) is 49.9 Å². The molecule has 0 aliphatic heterocycles. The number of carbonyl (C=O) groups is 4. The van der Waals surface area contributed by atoms with Crippen molar-refractivity contribution in [2.24, 2.45) is 0 Å². The van der Waals surface area contributed by atoms with Crippen LogP contribution in [0.4, 0.5) is 0 Å². The molecule has 3 N–H and O–H groups in total. The van der Waals surface area contributed by atoms with Crippen LogP contribution in [0.2, 0.25) is 0 Å². The molecule has 0 fully saturated rings. The molecule has 2 aromatic rings. The number of rotatable bonds is 9. The number of amides is 3. The van der Waals surface area contributed by atoms with Crippen molar-refractivity contribution in [1.82, 2.24) is 16.0 Å². The molecule has 0 atom stereocenters. The van der Waals surface area contributed by atoms with Crippen molar-refractivity contribution in [3.8, 4) is 11.1 Å². The maximum Gasteiger partial charge on any atom is 0.325 e. The predicted octanol–water partition coefficient (Wildman–Crippen LogP) is 0.879. The highest BCUT2D eigenvalue weighted by Gasteiger charge is 2.11. The second-order valence-corrected chi connectivity index (χ2v) is 6.02. The standard InChI is InChI=1S/C21H23N3O5/c1-2-22-18(25)12-23-19(26)14-29-20(27)13-24-21(28)17-10-8-16(9-11-17)15-6-4-3-5-7-15/h3-11H,2,12-14H2,1H3,(H,22,25)(H,23,26)(H,24,28). The first kappa shape index (κ1) is 21.6. The molecule has 0 unspecified atom stereocenters. The third-order valence-corrected chi connectivity index (χ3v) is 3.83. The SMILES string of the molecule is CCNC(=O)CNC(=O)COC(=O)CNC(=O)c1ccc(-c2ccccc2)cc1. The van der Waals surface area contributed by atoms with E-state index in [0.29, 0.717) is 12.1 Å². The molecule has 0 aliphatic carbocycles. The van der Waals surface area contributed by atoms with Crippen molar-refractivity contribution >= 4 is 23.7 Å². The molecule has 0 aromatic heterocycles. The van der Waals surface area contributed by atoms with Gasteiger partial charge < -0.3 is 20.7 Å². The lowest BCUT2D eigenvalue weighted by Crippen LogP contribution is -2.39. The molecule has 2 aromatic carbocycles. The first-order valence-electron chi connectivity index (χ1n) is 9.12. The summed E-state index contributed by atoms with van der Waals surface area (Å²) in [6.45, 7) is 1.12. The van der Waals surface area contributed by atoms with E-state index in [1.807, 2.05) is 42.5 Å². The van der Waals surface area contributed by atoms with Crippen LogP contribution in [0.1, 0.15) is 17.3 Å². The van der Waals surface area contributed by atoms with Crippen molar-refractivity contribution in [2.75, 3.05) is 26.2 Å². The van der Waals surface area contributed by atoms with E-state index in [0.717, 1.165) is 11.1 Å². The lowest BCUT2D eigenvalue weighted by Gasteiger charge is -2.08. The zero-order valence-corrected chi connectivity index (χ0v) is 16.1. The van der Waals surface area contributed by atoms with Crippen LogP contribution >= 0.6 is 0 Å². The number of benzene rings is 2. The lowest BCUT2D eigenvalue weighted by molar-refractivity contribution is -0.147. The number of ether oxygens (including phenoxy) is 1. The average Bonchev–Trinajstić information content (AvgIpc) is 2.75. The average molecular weight is 397 g/mol. The molecule has 8 heteroatoms. The van der Waals surface area contributed by atoms with Gasteiger partial charge in [0.1, 0.15) is 6.54 Å². The molecule has 0 aliphatic rings. The van der Waals surface area contributed by atoms with Gasteiger partial charge in [-0.05, 0) is 30.2 Å². The third-order valence-electron chi connectivity index (χ3n) is 3.83. The van der Waals surface area contributed by atoms with Crippen LogP contribution in [0.3, 0.4) is 0 Å². The molecule has 0 spiro atoms. The summed E-state index contributed by atoms with van der Waals surface area (Å²) in [4.78, 5) is 46.5. The summed E-state index contributed by atoms with van der Waals surface area (Å²) in [5, 5.41) is 7.27. The van der Waals surface area contributed by atoms with Crippen molar-refractivity contribution in [2.45, 2.75) is 6.92 Å². The minimum absolute atomic E-state index is 0.195. The maximum absolute atomic E-state index is 12.1. The van der Waals surface area contributed by atoms with E-state index >= 15 is 0 Å². The maximum atomic E-state index is 12.1. The molecule has 29 heavy (non-hydrogen) atoms. The molecule has 0 bridgehead atoms. The van der Waals surface area contributed by atoms with Crippen molar-refractivity contribution in [1.29, 1.82) is 0 Å². The van der Waals surface area contributed by atoms with E-state index in [1.165, 1.54) is 0 Å². The Morgan fingerprint density at radius 3 is 2.07 bits per heavy atom. The van der Waals surface area contributed by atoms with Gasteiger partial charge in [-0.25, -0.2) is 0 Å². The monoisotopic (exact) mass is 397 g/mol. The number of nitrogens with one attached hydrogen (secondary N) is 3. The third kappa shape index (κ3) is 7.45. The van der Waals surface area contributed by atoms with Gasteiger partial charge >= 0.3 is 5.97 Å². The van der Waals surface area contributed by atoms with E-state index < -0.39 is 24.4 Å². The van der Waals surface area contributed by atoms with Crippen LogP contribution in [-0.2, 0) is 19.1 Å². The normalized spacial score (nSPS) is 9.97. The Morgan fingerprint density at radius 2 is 1.41 bits per heavy atom. The van der Waals surface area contributed by atoms with Crippen molar-refractivity contribution in [3.05, 3.63) is 60.2 Å². The topological polar surface area (TPSA) is 114 Å². The zero-order valence-electron chi connectivity index (χ0n) is 16.1. The summed E-state index contributed by atoms with van der Waals surface area (Å²) < 4.78 is 4.76. The number of carbonyl (C=O) groups excluding carboxylic acids is 4. The molecular weight excluding hydrogens is 374 g/mol. The summed E-state index contributed by atoms with van der Waals surface area (Å²) >= 11 is 0. The van der Waals surface area contributed by atoms with Crippen LogP contribution in [0.5, 0.6) is 0 Å². The highest BCUT2D eigenvalue weighted by atomic mass is 16.5. The highest BCUT2D eigenvalue weighted by molar-refractivity contribution is 5.96. The smallest absolute Gasteiger partial charge is 0.325 e. The zero-order chi connectivity index (χ0) is 21.1. The summed E-state index contributed by atoms with van der Waals surface area (Å²) in [5.74, 6) is -2.13. The van der Waals surface area contributed by atoms with Gasteiger partial charge in [0, 0.05) is 12.1 Å². The molecule has 0 radical (unpaired) electrons. The van der Waals surface area contributed by atoms with E-state index in [-0.39, 0.29) is 19.0 Å². The Labute approximate surface area is 168 Å². The minimum Gasteiger partial charge on any atom is -0.454 e. The lowest BCUT2D eigenvalue weighted by atomic mass is 10.0. The Balaban J connectivity index is 1.72. The highest BCUT2D eigenvalue weighted by Crippen LogP contribution is 2.19. The molecule has 2 rings (SSSR count). The minimum atomic E-state index is -0.757. The molecular formula is C21H23N3O5. The van der Waals surface area contributed by atoms with Crippen LogP contribution in [0.15, 0.2) is 54.6 Å². The summed E-state index contributed by atoms with van der Waals surface area (Å²) in [6.07, 6.45) is 0. The van der Waals surface area contributed by atoms with E-state index in [9.17, 15) is 19.2 Å². The summed E-state index contributed by atoms with van der Waals surface area (Å²) in [7, 11) is 0. The van der Waals surface area contributed by atoms with Gasteiger partial charge in [-0.3, -0.25) is 19.2 Å². The molecule has 0 saturated carbocycles. The van der Waals surface area contributed by atoms with Crippen molar-refractivity contribution in [3.63, 3.8) is 0 Å². The molecule has 8 nitrogen and oxygen atoms in total. The first-order valence-corrected chi connectivity index (χ1v) is 9.12. The Hall–Kier alpha value is -3.68. The van der Waals surface area contributed by atoms with Gasteiger partial charge in [-0.15, -0.1) is 0 Å². The van der Waals surface area contributed by atoms with Gasteiger partial charge in [-0.2, -0.15) is 0 Å². The second-order valence-electron chi connectivity index (χ2n) is 6.02. The van der Waals surface area contributed by atoms with Gasteiger partial charge in [-0.1, -0.05) is 42.5 Å². The molecule has 3 amide bonds. The van der Waals surface area contributed by atoms with Gasteiger partial charge in [0.05, 0.1) is 6.54 Å². The quantitative estimate of drug-likeness (QED) is 0.544. The fraction of sp³-hybridized carbons (Fsp3) is 0.238. The van der Waals surface area contributed by atoms with E-state index in [4.69, 9.17) is 4.74 Å². The predicted molar refractivity (Wildman–Crippen MR) is 107 cm³/mol. The van der Waals surface area contributed by atoms with Crippen LogP contribution < -0.4 is 16.0 Å². The van der Waals surface area contributed by atoms with Gasteiger partial charge in [0.25, 0.3) is 11.8 Å². The summed E-state index contributed by atoms with van der Waals surface area (Å²) in [5.41, 5.74) is 2.41. The fourth-order valence-corrected chi connectivity index (χ4v) is 2.39. The largest absolute Gasteiger partial charge is 0.454 e. The van der Waals surface area contributed by atoms with Crippen LogP contribution in [0.25, 0.3) is 11.1 Å². The van der Waals surface area contributed by atoms with Gasteiger partial charge in [0.15, 0.2) is 6.61 Å². The second kappa shape index (κ2) is 11.2. The van der Waals surface area contributed by atoms with Crippen molar-refractivity contribution < 1.29 is 23.9 Å². The first-order chi connectivity index (χ1) is 14.0. The molecule has 0 heterocycles. The number of hydrogen-bond donors (Lipinski definition) is 3. The fourth-order valence-electron chi connectivity index (χ4n) is 2.39. The van der Waals surface area contributed by atoms with Gasteiger partial charge in [0.2, 0.25) is 5.91 Å². The number of esters is 1. The summed E-state index contributed by atoms with van der Waals surface area (Å²) in [6, 6.07) is 16.7. The van der Waals surface area contributed by atoms with E-state index in [2.05, 4.69) is 16.0 Å². The Bertz CT molecular complexity index is 850. The molecule has 0 saturated heterocycles. The Kier molecular flexibility index (Phi) is 8.37. The number of likely N-dealkylation sites (N-methyl/N-ethyl adjacent to an activating group) is 1. The molecule has 152 valence electrons. The van der Waals surface area contributed by atoms with Crippen LogP contribution in [0, 0.1) is 0 Å². The van der Waals surface area contributed by atoms with E-state index in [1.54, 1.807) is 19.1 Å². The Morgan fingerprint density at radius 1 is 0.759 bits per heavy atom.